The summed E-state index contributed by atoms with van der Waals surface area (Å²) in [4.78, 5) is 14.7. The summed E-state index contributed by atoms with van der Waals surface area (Å²) in [6.07, 6.45) is 2.93. The van der Waals surface area contributed by atoms with Gasteiger partial charge in [0.2, 0.25) is 0 Å². The maximum absolute atomic E-state index is 10.8. The minimum atomic E-state index is -1.08. The predicted octanol–water partition coefficient (Wildman–Crippen LogP) is 2.27. The largest absolute Gasteiger partial charge is 0.478 e. The molecule has 0 fully saturated rings. The first-order valence-electron chi connectivity index (χ1n) is 4.17. The van der Waals surface area contributed by atoms with Crippen molar-refractivity contribution in [1.82, 2.24) is 14.8 Å². The van der Waals surface area contributed by atoms with Gasteiger partial charge in [-0.2, -0.15) is 5.10 Å². The molecule has 82 valence electrons. The highest BCUT2D eigenvalue weighted by Gasteiger charge is 2.09. The molecule has 0 aliphatic rings. The van der Waals surface area contributed by atoms with Crippen LogP contribution in [0.4, 0.5) is 0 Å². The van der Waals surface area contributed by atoms with Gasteiger partial charge in [-0.3, -0.25) is 0 Å². The molecule has 1 N–H and O–H groups in total. The van der Waals surface area contributed by atoms with Crippen molar-refractivity contribution in [2.24, 2.45) is 0 Å². The summed E-state index contributed by atoms with van der Waals surface area (Å²) in [5.74, 6) is -0.777. The Morgan fingerprint density at radius 2 is 2.12 bits per heavy atom. The zero-order valence-electron chi connectivity index (χ0n) is 7.76. The van der Waals surface area contributed by atoms with Crippen molar-refractivity contribution in [3.05, 3.63) is 40.3 Å². The lowest BCUT2D eigenvalue weighted by molar-refractivity contribution is 0.0696. The number of carbonyl (C=O) groups is 1. The number of hydrogen-bond donors (Lipinski definition) is 1. The Kier molecular flexibility index (Phi) is 2.80. The number of carboxylic acid groups (broad SMARTS) is 1. The van der Waals surface area contributed by atoms with Crippen molar-refractivity contribution >= 4 is 29.2 Å². The molecule has 0 aliphatic carbocycles. The molecule has 0 spiro atoms. The number of aromatic nitrogens is 3. The molecular formula is C9H5Cl2N3O2. The Morgan fingerprint density at radius 1 is 1.38 bits per heavy atom. The van der Waals surface area contributed by atoms with Gasteiger partial charge in [-0.1, -0.05) is 23.2 Å². The Bertz CT molecular complexity index is 553. The standard InChI is InChI=1S/C9H5Cl2N3O2/c10-6-3-12-14(4-6)8-2-5(9(15)16)1-7(11)13-8/h1-4H,(H,15,16). The summed E-state index contributed by atoms with van der Waals surface area (Å²) >= 11 is 11.4. The molecule has 0 radical (unpaired) electrons. The van der Waals surface area contributed by atoms with Crippen LogP contribution in [0.1, 0.15) is 10.4 Å². The molecule has 2 aromatic rings. The first-order chi connectivity index (χ1) is 7.56. The monoisotopic (exact) mass is 257 g/mol. The summed E-state index contributed by atoms with van der Waals surface area (Å²) in [6, 6.07) is 2.62. The van der Waals surface area contributed by atoms with Crippen molar-refractivity contribution in [2.75, 3.05) is 0 Å². The lowest BCUT2D eigenvalue weighted by atomic mass is 10.2. The van der Waals surface area contributed by atoms with Crippen LogP contribution >= 0.6 is 23.2 Å². The third-order valence-corrected chi connectivity index (χ3v) is 2.20. The fraction of sp³-hybridized carbons (Fsp3) is 0. The van der Waals surface area contributed by atoms with Crippen molar-refractivity contribution in [2.45, 2.75) is 0 Å². The van der Waals surface area contributed by atoms with Crippen LogP contribution in [0, 0.1) is 0 Å². The van der Waals surface area contributed by atoms with Gasteiger partial charge >= 0.3 is 5.97 Å². The first-order valence-corrected chi connectivity index (χ1v) is 4.93. The number of aromatic carboxylic acids is 1. The van der Waals surface area contributed by atoms with Gasteiger partial charge in [0.1, 0.15) is 5.15 Å². The van der Waals surface area contributed by atoms with E-state index in [-0.39, 0.29) is 10.7 Å². The number of hydrogen-bond acceptors (Lipinski definition) is 3. The average Bonchev–Trinajstić information content (AvgIpc) is 2.64. The third-order valence-electron chi connectivity index (χ3n) is 1.81. The van der Waals surface area contributed by atoms with Crippen LogP contribution in [0.5, 0.6) is 0 Å². The second-order valence-corrected chi connectivity index (χ2v) is 3.77. The predicted molar refractivity (Wildman–Crippen MR) is 58.3 cm³/mol. The smallest absolute Gasteiger partial charge is 0.335 e. The molecule has 0 aromatic carbocycles. The summed E-state index contributed by atoms with van der Waals surface area (Å²) < 4.78 is 1.35. The van der Waals surface area contributed by atoms with Crippen LogP contribution in [0.2, 0.25) is 10.2 Å². The molecule has 2 heterocycles. The van der Waals surface area contributed by atoms with E-state index in [9.17, 15) is 4.79 Å². The van der Waals surface area contributed by atoms with Crippen molar-refractivity contribution < 1.29 is 9.90 Å². The normalized spacial score (nSPS) is 10.4. The summed E-state index contributed by atoms with van der Waals surface area (Å²) in [5.41, 5.74) is 0.0432. The van der Waals surface area contributed by atoms with E-state index in [2.05, 4.69) is 10.1 Å². The van der Waals surface area contributed by atoms with E-state index in [1.807, 2.05) is 0 Å². The quantitative estimate of drug-likeness (QED) is 0.839. The molecule has 7 heteroatoms. The molecule has 0 unspecified atom stereocenters. The zero-order valence-corrected chi connectivity index (χ0v) is 9.27. The average molecular weight is 258 g/mol. The minimum absolute atomic E-state index is 0.0432. The van der Waals surface area contributed by atoms with E-state index in [0.717, 1.165) is 0 Å². The molecule has 0 saturated carbocycles. The number of pyridine rings is 1. The van der Waals surface area contributed by atoms with E-state index in [1.54, 1.807) is 0 Å². The molecule has 2 rings (SSSR count). The second kappa shape index (κ2) is 4.11. The maximum atomic E-state index is 10.8. The van der Waals surface area contributed by atoms with Gasteiger partial charge in [0, 0.05) is 0 Å². The number of nitrogens with zero attached hydrogens (tertiary/aromatic N) is 3. The van der Waals surface area contributed by atoms with Gasteiger partial charge in [0.05, 0.1) is 23.0 Å². The molecule has 16 heavy (non-hydrogen) atoms. The van der Waals surface area contributed by atoms with Crippen LogP contribution < -0.4 is 0 Å². The topological polar surface area (TPSA) is 68.0 Å². The Labute approximate surface area is 100 Å². The Balaban J connectivity index is 2.53. The summed E-state index contributed by atoms with van der Waals surface area (Å²) in [5, 5.41) is 13.3. The van der Waals surface area contributed by atoms with Crippen LogP contribution in [0.15, 0.2) is 24.5 Å². The van der Waals surface area contributed by atoms with E-state index in [4.69, 9.17) is 28.3 Å². The van der Waals surface area contributed by atoms with E-state index < -0.39 is 5.97 Å². The first kappa shape index (κ1) is 10.9. The highest BCUT2D eigenvalue weighted by molar-refractivity contribution is 6.30. The van der Waals surface area contributed by atoms with Gasteiger partial charge in [0.15, 0.2) is 5.82 Å². The van der Waals surface area contributed by atoms with Gasteiger partial charge in [-0.15, -0.1) is 0 Å². The second-order valence-electron chi connectivity index (χ2n) is 2.95. The summed E-state index contributed by atoms with van der Waals surface area (Å²) in [7, 11) is 0. The molecule has 0 atom stereocenters. The summed E-state index contributed by atoms with van der Waals surface area (Å²) in [6.45, 7) is 0. The molecule has 0 saturated heterocycles. The van der Waals surface area contributed by atoms with Crippen LogP contribution in [0.3, 0.4) is 0 Å². The maximum Gasteiger partial charge on any atom is 0.335 e. The van der Waals surface area contributed by atoms with Crippen molar-refractivity contribution in [3.63, 3.8) is 0 Å². The lowest BCUT2D eigenvalue weighted by Gasteiger charge is -2.02. The zero-order chi connectivity index (χ0) is 11.7. The molecular weight excluding hydrogens is 253 g/mol. The SMILES string of the molecule is O=C(O)c1cc(Cl)nc(-n2cc(Cl)cn2)c1. The van der Waals surface area contributed by atoms with E-state index in [1.165, 1.54) is 29.2 Å². The fourth-order valence-corrected chi connectivity index (χ4v) is 1.49. The Morgan fingerprint density at radius 3 is 2.69 bits per heavy atom. The van der Waals surface area contributed by atoms with Gasteiger partial charge in [-0.05, 0) is 12.1 Å². The van der Waals surface area contributed by atoms with E-state index >= 15 is 0 Å². The van der Waals surface area contributed by atoms with Gasteiger partial charge in [0.25, 0.3) is 0 Å². The molecule has 0 amide bonds. The van der Waals surface area contributed by atoms with Crippen molar-refractivity contribution in [1.29, 1.82) is 0 Å². The highest BCUT2D eigenvalue weighted by atomic mass is 35.5. The van der Waals surface area contributed by atoms with Crippen molar-refractivity contribution in [3.8, 4) is 5.82 Å². The highest BCUT2D eigenvalue weighted by Crippen LogP contribution is 2.15. The minimum Gasteiger partial charge on any atom is -0.478 e. The van der Waals surface area contributed by atoms with Gasteiger partial charge in [-0.25, -0.2) is 14.5 Å². The van der Waals surface area contributed by atoms with Crippen LogP contribution in [0.25, 0.3) is 5.82 Å². The van der Waals surface area contributed by atoms with Gasteiger partial charge < -0.3 is 5.11 Å². The third kappa shape index (κ3) is 2.15. The molecule has 0 aliphatic heterocycles. The molecule has 0 bridgehead atoms. The van der Waals surface area contributed by atoms with Crippen LogP contribution in [-0.2, 0) is 0 Å². The molecule has 2 aromatic heterocycles. The number of halogens is 2. The van der Waals surface area contributed by atoms with Crippen LogP contribution in [-0.4, -0.2) is 25.8 Å². The number of carboxylic acids is 1. The number of rotatable bonds is 2. The molecule has 5 nitrogen and oxygen atoms in total. The fourth-order valence-electron chi connectivity index (χ4n) is 1.15. The Hall–Kier alpha value is -1.59. The lowest BCUT2D eigenvalue weighted by Crippen LogP contribution is -2.03. The van der Waals surface area contributed by atoms with E-state index in [0.29, 0.717) is 10.8 Å².